The number of hydrogen-bond acceptors (Lipinski definition) is 4. The Balaban J connectivity index is 2.29. The van der Waals surface area contributed by atoms with Crippen molar-refractivity contribution in [3.63, 3.8) is 0 Å². The van der Waals surface area contributed by atoms with Crippen molar-refractivity contribution in [3.05, 3.63) is 56.6 Å². The zero-order chi connectivity index (χ0) is 16.1. The summed E-state index contributed by atoms with van der Waals surface area (Å²) in [5.41, 5.74) is -0.108. The predicted octanol–water partition coefficient (Wildman–Crippen LogP) is 5.48. The molecule has 0 aliphatic carbocycles. The van der Waals surface area contributed by atoms with Crippen LogP contribution in [0.15, 0.2) is 36.4 Å². The van der Waals surface area contributed by atoms with Crippen LogP contribution in [-0.2, 0) is 0 Å². The quantitative estimate of drug-likeness (QED) is 0.515. The molecule has 0 aromatic heterocycles. The van der Waals surface area contributed by atoms with Gasteiger partial charge >= 0.3 is 5.69 Å². The molecule has 116 valence electrons. The van der Waals surface area contributed by atoms with E-state index in [1.807, 2.05) is 6.92 Å². The lowest BCUT2D eigenvalue weighted by molar-refractivity contribution is -0.385. The zero-order valence-electron chi connectivity index (χ0n) is 11.7. The largest absolute Gasteiger partial charge is 0.487 e. The molecule has 22 heavy (non-hydrogen) atoms. The third kappa shape index (κ3) is 4.02. The Morgan fingerprint density at radius 2 is 1.91 bits per heavy atom. The third-order valence-corrected chi connectivity index (χ3v) is 3.24. The molecule has 0 N–H and O–H groups in total. The van der Waals surface area contributed by atoms with E-state index in [0.29, 0.717) is 28.2 Å². The lowest BCUT2D eigenvalue weighted by Crippen LogP contribution is -1.99. The van der Waals surface area contributed by atoms with Crippen LogP contribution >= 0.6 is 23.2 Å². The van der Waals surface area contributed by atoms with Gasteiger partial charge in [-0.1, -0.05) is 30.1 Å². The molecule has 2 aromatic carbocycles. The Kier molecular flexibility index (Phi) is 5.46. The van der Waals surface area contributed by atoms with Crippen LogP contribution in [0.1, 0.15) is 13.3 Å². The molecular weight excluding hydrogens is 329 g/mol. The first-order chi connectivity index (χ1) is 10.5. The summed E-state index contributed by atoms with van der Waals surface area (Å²) in [5.74, 6) is 0.955. The van der Waals surface area contributed by atoms with Gasteiger partial charge in [0.25, 0.3) is 0 Å². The third-order valence-electron chi connectivity index (χ3n) is 2.71. The van der Waals surface area contributed by atoms with E-state index >= 15 is 0 Å². The van der Waals surface area contributed by atoms with E-state index in [2.05, 4.69) is 0 Å². The molecular formula is C15H13Cl2NO4. The fraction of sp³-hybridized carbons (Fsp3) is 0.200. The topological polar surface area (TPSA) is 61.6 Å². The molecule has 7 heteroatoms. The molecule has 2 rings (SSSR count). The summed E-state index contributed by atoms with van der Waals surface area (Å²) in [5, 5.41) is 11.8. The lowest BCUT2D eigenvalue weighted by atomic mass is 10.2. The fourth-order valence-electron chi connectivity index (χ4n) is 1.72. The van der Waals surface area contributed by atoms with Gasteiger partial charge in [-0.15, -0.1) is 0 Å². The first-order valence-corrected chi connectivity index (χ1v) is 7.31. The van der Waals surface area contributed by atoms with Crippen LogP contribution in [0.5, 0.6) is 17.2 Å². The summed E-state index contributed by atoms with van der Waals surface area (Å²) in [4.78, 5) is 10.5. The number of ether oxygens (including phenoxy) is 2. The Labute approximate surface area is 137 Å². The van der Waals surface area contributed by atoms with Crippen molar-refractivity contribution in [2.24, 2.45) is 0 Å². The molecule has 0 saturated heterocycles. The highest BCUT2D eigenvalue weighted by Crippen LogP contribution is 2.36. The van der Waals surface area contributed by atoms with E-state index in [9.17, 15) is 10.1 Å². The van der Waals surface area contributed by atoms with E-state index in [4.69, 9.17) is 32.7 Å². The molecule has 2 aromatic rings. The van der Waals surface area contributed by atoms with E-state index in [-0.39, 0.29) is 11.4 Å². The average Bonchev–Trinajstić information content (AvgIpc) is 2.48. The second kappa shape index (κ2) is 7.33. The highest BCUT2D eigenvalue weighted by atomic mass is 35.5. The second-order valence-corrected chi connectivity index (χ2v) is 5.26. The summed E-state index contributed by atoms with van der Waals surface area (Å²) in [6, 6.07) is 9.12. The van der Waals surface area contributed by atoms with Gasteiger partial charge in [0.05, 0.1) is 16.6 Å². The minimum Gasteiger partial charge on any atom is -0.487 e. The molecule has 0 atom stereocenters. The summed E-state index contributed by atoms with van der Waals surface area (Å²) in [7, 11) is 0. The van der Waals surface area contributed by atoms with Gasteiger partial charge in [0.15, 0.2) is 0 Å². The summed E-state index contributed by atoms with van der Waals surface area (Å²) in [6.07, 6.45) is 0.741. The number of benzene rings is 2. The molecule has 0 spiro atoms. The molecule has 0 bridgehead atoms. The van der Waals surface area contributed by atoms with Gasteiger partial charge in [-0.3, -0.25) is 10.1 Å². The van der Waals surface area contributed by atoms with Gasteiger partial charge < -0.3 is 9.47 Å². The zero-order valence-corrected chi connectivity index (χ0v) is 13.2. The van der Waals surface area contributed by atoms with Gasteiger partial charge in [-0.2, -0.15) is 0 Å². The van der Waals surface area contributed by atoms with Gasteiger partial charge in [0.2, 0.25) is 5.75 Å². The van der Waals surface area contributed by atoms with Crippen molar-refractivity contribution in [1.82, 2.24) is 0 Å². The van der Waals surface area contributed by atoms with Crippen LogP contribution < -0.4 is 9.47 Å². The normalized spacial score (nSPS) is 10.3. The molecule has 0 radical (unpaired) electrons. The van der Waals surface area contributed by atoms with Gasteiger partial charge in [0, 0.05) is 17.2 Å². The molecule has 5 nitrogen and oxygen atoms in total. The SMILES string of the molecule is CCCOc1cc(Oc2ccc(Cl)cc2Cl)ccc1[N+](=O)[O-]. The van der Waals surface area contributed by atoms with Crippen LogP contribution in [-0.4, -0.2) is 11.5 Å². The van der Waals surface area contributed by atoms with Crippen molar-refractivity contribution in [1.29, 1.82) is 0 Å². The predicted molar refractivity (Wildman–Crippen MR) is 85.4 cm³/mol. The molecule has 0 aliphatic rings. The standard InChI is InChI=1S/C15H13Cl2NO4/c1-2-7-21-15-9-11(4-5-13(15)18(19)20)22-14-6-3-10(16)8-12(14)17/h3-6,8-9H,2,7H2,1H3. The Morgan fingerprint density at radius 3 is 2.55 bits per heavy atom. The molecule has 0 amide bonds. The van der Waals surface area contributed by atoms with Crippen molar-refractivity contribution < 1.29 is 14.4 Å². The monoisotopic (exact) mass is 341 g/mol. The number of nitro benzene ring substituents is 1. The summed E-state index contributed by atoms with van der Waals surface area (Å²) < 4.78 is 11.0. The van der Waals surface area contributed by atoms with Crippen molar-refractivity contribution in [2.75, 3.05) is 6.61 Å². The Morgan fingerprint density at radius 1 is 1.14 bits per heavy atom. The minimum absolute atomic E-state index is 0.108. The van der Waals surface area contributed by atoms with Crippen LogP contribution in [0.2, 0.25) is 10.0 Å². The van der Waals surface area contributed by atoms with Gasteiger partial charge in [0.1, 0.15) is 11.5 Å². The number of hydrogen-bond donors (Lipinski definition) is 0. The number of nitro groups is 1. The smallest absolute Gasteiger partial charge is 0.311 e. The number of rotatable bonds is 6. The molecule has 0 aliphatic heterocycles. The van der Waals surface area contributed by atoms with E-state index in [1.54, 1.807) is 18.2 Å². The maximum Gasteiger partial charge on any atom is 0.311 e. The highest BCUT2D eigenvalue weighted by molar-refractivity contribution is 6.35. The van der Waals surface area contributed by atoms with Crippen molar-refractivity contribution >= 4 is 28.9 Å². The molecule has 0 fully saturated rings. The minimum atomic E-state index is -0.496. The molecule has 0 heterocycles. The van der Waals surface area contributed by atoms with Crippen molar-refractivity contribution in [2.45, 2.75) is 13.3 Å². The van der Waals surface area contributed by atoms with Crippen molar-refractivity contribution in [3.8, 4) is 17.2 Å². The summed E-state index contributed by atoms with van der Waals surface area (Å²) >= 11 is 11.9. The first kappa shape index (κ1) is 16.4. The highest BCUT2D eigenvalue weighted by Gasteiger charge is 2.16. The maximum absolute atomic E-state index is 11.0. The molecule has 0 saturated carbocycles. The van der Waals surface area contributed by atoms with E-state index in [0.717, 1.165) is 6.42 Å². The van der Waals surface area contributed by atoms with Crippen LogP contribution in [0.4, 0.5) is 5.69 Å². The maximum atomic E-state index is 11.0. The fourth-order valence-corrected chi connectivity index (χ4v) is 2.17. The van der Waals surface area contributed by atoms with E-state index < -0.39 is 4.92 Å². The van der Waals surface area contributed by atoms with Gasteiger partial charge in [-0.25, -0.2) is 0 Å². The number of nitrogens with zero attached hydrogens (tertiary/aromatic N) is 1. The average molecular weight is 342 g/mol. The Bertz CT molecular complexity index is 691. The van der Waals surface area contributed by atoms with E-state index in [1.165, 1.54) is 18.2 Å². The van der Waals surface area contributed by atoms with Crippen LogP contribution in [0.25, 0.3) is 0 Å². The lowest BCUT2D eigenvalue weighted by Gasteiger charge is -2.10. The molecule has 0 unspecified atom stereocenters. The first-order valence-electron chi connectivity index (χ1n) is 6.55. The van der Waals surface area contributed by atoms with Crippen LogP contribution in [0, 0.1) is 10.1 Å². The second-order valence-electron chi connectivity index (χ2n) is 4.41. The van der Waals surface area contributed by atoms with Crippen LogP contribution in [0.3, 0.4) is 0 Å². The Hall–Kier alpha value is -1.98. The summed E-state index contributed by atoms with van der Waals surface area (Å²) in [6.45, 7) is 2.30. The number of halogens is 2. The van der Waals surface area contributed by atoms with Gasteiger partial charge in [-0.05, 0) is 30.7 Å².